The molecule has 0 fully saturated rings. The monoisotopic (exact) mass is 586 g/mol. The third kappa shape index (κ3) is 14.5. The van der Waals surface area contributed by atoms with Crippen molar-refractivity contribution in [2.75, 3.05) is 19.7 Å². The quantitative estimate of drug-likeness (QED) is 0.130. The summed E-state index contributed by atoms with van der Waals surface area (Å²) in [5.41, 5.74) is -11.2. The van der Waals surface area contributed by atoms with Crippen LogP contribution < -0.4 is 9.88 Å². The number of aliphatic imine (C=N–C) groups is 1. The fourth-order valence-electron chi connectivity index (χ4n) is 2.21. The Bertz CT molecular complexity index is 1080. The first-order chi connectivity index (χ1) is 16.9. The molecule has 0 aromatic carbocycles. The van der Waals surface area contributed by atoms with Crippen molar-refractivity contribution >= 4 is 32.2 Å². The van der Waals surface area contributed by atoms with Crippen molar-refractivity contribution in [3.8, 4) is 0 Å². The van der Waals surface area contributed by atoms with Crippen LogP contribution >= 0.6 is 0 Å². The lowest BCUT2D eigenvalue weighted by atomic mass is 10.2. The number of halogens is 6. The van der Waals surface area contributed by atoms with Gasteiger partial charge in [0.15, 0.2) is 45.6 Å². The van der Waals surface area contributed by atoms with Crippen molar-refractivity contribution in [1.82, 2.24) is 5.32 Å². The van der Waals surface area contributed by atoms with Gasteiger partial charge < -0.3 is 14.2 Å². The minimum Gasteiger partial charge on any atom is -0.443 e. The zero-order valence-corrected chi connectivity index (χ0v) is 20.9. The summed E-state index contributed by atoms with van der Waals surface area (Å²) in [6.07, 6.45) is 8.86. The van der Waals surface area contributed by atoms with Gasteiger partial charge in [-0.25, -0.2) is 36.0 Å². The van der Waals surface area contributed by atoms with Gasteiger partial charge in [-0.1, -0.05) is 12.8 Å². The molecule has 0 aliphatic carbocycles. The van der Waals surface area contributed by atoms with Crippen molar-refractivity contribution in [3.63, 3.8) is 0 Å². The van der Waals surface area contributed by atoms with E-state index < -0.39 is 31.1 Å². The van der Waals surface area contributed by atoms with E-state index in [1.54, 1.807) is 0 Å². The second-order valence-corrected chi connectivity index (χ2v) is 10.4. The Kier molecular flexibility index (Phi) is 14.3. The summed E-state index contributed by atoms with van der Waals surface area (Å²) in [5, 5.41) is 2.73. The molecule has 1 amide bonds. The van der Waals surface area contributed by atoms with Crippen LogP contribution in [-0.2, 0) is 36.1 Å². The van der Waals surface area contributed by atoms with E-state index in [2.05, 4.69) is 10.3 Å². The van der Waals surface area contributed by atoms with Gasteiger partial charge >= 0.3 is 17.1 Å². The molecule has 0 atom stereocenters. The first-order valence-electron chi connectivity index (χ1n) is 10.2. The zero-order valence-electron chi connectivity index (χ0n) is 19.2. The number of alkyl carbamates (subject to hydrolysis) is 1. The molecule has 0 saturated carbocycles. The highest BCUT2D eigenvalue weighted by Gasteiger charge is 2.46. The predicted molar refractivity (Wildman–Crippen MR) is 115 cm³/mol. The number of sulfonamides is 2. The number of pyridine rings is 1. The Morgan fingerprint density at radius 2 is 1.62 bits per heavy atom. The number of nitrogens with zero attached hydrogens (tertiary/aromatic N) is 3. The number of aromatic nitrogens is 1. The summed E-state index contributed by atoms with van der Waals surface area (Å²) in [5.74, 6) is 0. The van der Waals surface area contributed by atoms with Gasteiger partial charge in [0.2, 0.25) is 6.08 Å². The van der Waals surface area contributed by atoms with Gasteiger partial charge in [0.25, 0.3) is 0 Å². The van der Waals surface area contributed by atoms with E-state index in [1.807, 2.05) is 36.0 Å². The lowest BCUT2D eigenvalue weighted by Gasteiger charge is -2.22. The second-order valence-electron chi connectivity index (χ2n) is 6.99. The van der Waals surface area contributed by atoms with Crippen LogP contribution in [0.15, 0.2) is 29.5 Å². The molecule has 1 rings (SSSR count). The van der Waals surface area contributed by atoms with Crippen molar-refractivity contribution in [2.45, 2.75) is 50.2 Å². The molecule has 1 aromatic heterocycles. The summed E-state index contributed by atoms with van der Waals surface area (Å²) >= 11 is 0. The Morgan fingerprint density at radius 1 is 1.05 bits per heavy atom. The predicted octanol–water partition coefficient (Wildman–Crippen LogP) is 2.96. The lowest BCUT2D eigenvalue weighted by molar-refractivity contribution is -0.698. The number of hydrogen-bond donors (Lipinski definition) is 1. The van der Waals surface area contributed by atoms with Gasteiger partial charge in [-0.05, 0) is 25.8 Å². The van der Waals surface area contributed by atoms with Crippen LogP contribution in [0, 0.1) is 6.92 Å². The highest BCUT2D eigenvalue weighted by Crippen LogP contribution is 2.36. The number of aryl methyl sites for hydroxylation is 1. The molecule has 0 saturated heterocycles. The average Bonchev–Trinajstić information content (AvgIpc) is 2.74. The number of isocyanates is 1. The molecule has 11 nitrogen and oxygen atoms in total. The molecule has 19 heteroatoms. The van der Waals surface area contributed by atoms with E-state index in [-0.39, 0.29) is 6.09 Å². The van der Waals surface area contributed by atoms with E-state index >= 15 is 0 Å². The van der Waals surface area contributed by atoms with Gasteiger partial charge in [-0.2, -0.15) is 26.3 Å². The minimum absolute atomic E-state index is 0.351. The number of carbonyl (C=O) groups is 1. The molecule has 0 aliphatic heterocycles. The van der Waals surface area contributed by atoms with Crippen molar-refractivity contribution < 1.29 is 62.1 Å². The Morgan fingerprint density at radius 3 is 2.14 bits per heavy atom. The van der Waals surface area contributed by atoms with Crippen LogP contribution in [0.4, 0.5) is 31.1 Å². The van der Waals surface area contributed by atoms with E-state index in [9.17, 15) is 52.8 Å². The second kappa shape index (κ2) is 15.5. The van der Waals surface area contributed by atoms with Crippen LogP contribution in [0.3, 0.4) is 0 Å². The highest BCUT2D eigenvalue weighted by molar-refractivity contribution is 8.13. The third-order valence-electron chi connectivity index (χ3n) is 3.90. The Balaban J connectivity index is 0.000000757. The molecule has 0 spiro atoms. The summed E-state index contributed by atoms with van der Waals surface area (Å²) < 4.78 is 116. The number of carbonyl (C=O) groups excluding carboxylic acids is 2. The number of rotatable bonds is 12. The van der Waals surface area contributed by atoms with Gasteiger partial charge in [-0.15, -0.1) is 0 Å². The molecule has 0 unspecified atom stereocenters. The first-order valence-corrected chi connectivity index (χ1v) is 13.1. The maximum absolute atomic E-state index is 11.5. The Hall–Kier alpha value is -2.76. The van der Waals surface area contributed by atoms with E-state index in [0.29, 0.717) is 26.2 Å². The number of hydrogen-bond acceptors (Lipinski definition) is 8. The van der Waals surface area contributed by atoms with E-state index in [1.165, 1.54) is 11.6 Å². The standard InChI is InChI=1S/C16H23N3O3.C2F6NO4S2/c1-15-7-6-10-19(13-15)11-12-22-16(21)18-9-5-3-2-4-8-17-14-20;3-1(4,5)14(10,11)9-15(12,13)2(6,7)8/h6-7,10,13H,2-5,8-9,11-12H2,1H3;/q;-1/p+1. The normalized spacial score (nSPS) is 12.1. The SMILES string of the molecule is Cc1ccc[n+](CCOC(=O)NCCCCCCN=C=O)c1.O=S(=O)([N-]S(=O)(=O)C(F)(F)F)C(F)(F)F. The molecule has 1 N–H and O–H groups in total. The molecule has 0 aliphatic rings. The molecule has 212 valence electrons. The molecular formula is C18H24F6N4O7S2. The average molecular weight is 587 g/mol. The largest absolute Gasteiger partial charge is 0.480 e. The zero-order chi connectivity index (χ0) is 28.8. The van der Waals surface area contributed by atoms with Crippen molar-refractivity contribution in [2.24, 2.45) is 4.99 Å². The summed E-state index contributed by atoms with van der Waals surface area (Å²) in [6, 6.07) is 3.99. The number of amides is 1. The van der Waals surface area contributed by atoms with Gasteiger partial charge in [0.1, 0.15) is 0 Å². The summed E-state index contributed by atoms with van der Waals surface area (Å²) in [6.45, 7) is 4.16. The Labute approximate surface area is 209 Å². The third-order valence-corrected chi connectivity index (χ3v) is 6.64. The number of alkyl halides is 6. The van der Waals surface area contributed by atoms with Crippen LogP contribution in [0.1, 0.15) is 31.2 Å². The molecule has 1 aromatic rings. The maximum Gasteiger partial charge on any atom is 0.480 e. The smallest absolute Gasteiger partial charge is 0.443 e. The fraction of sp³-hybridized carbons (Fsp3) is 0.611. The number of nitrogens with one attached hydrogen (secondary N) is 1. The topological polar surface area (TPSA) is 154 Å². The van der Waals surface area contributed by atoms with Crippen LogP contribution in [0.5, 0.6) is 0 Å². The molecule has 1 heterocycles. The summed E-state index contributed by atoms with van der Waals surface area (Å²) in [4.78, 5) is 24.8. The maximum atomic E-state index is 11.5. The van der Waals surface area contributed by atoms with Crippen LogP contribution in [-0.4, -0.2) is 59.7 Å². The molecular weight excluding hydrogens is 562 g/mol. The van der Waals surface area contributed by atoms with Crippen molar-refractivity contribution in [1.29, 1.82) is 0 Å². The van der Waals surface area contributed by atoms with Crippen LogP contribution in [0.2, 0.25) is 0 Å². The number of ether oxygens (including phenoxy) is 1. The molecule has 0 radical (unpaired) electrons. The molecule has 0 bridgehead atoms. The molecule has 37 heavy (non-hydrogen) atoms. The van der Waals surface area contributed by atoms with Crippen LogP contribution in [0.25, 0.3) is 4.13 Å². The van der Waals surface area contributed by atoms with Gasteiger partial charge in [-0.3, -0.25) is 0 Å². The van der Waals surface area contributed by atoms with E-state index in [0.717, 1.165) is 29.8 Å². The lowest BCUT2D eigenvalue weighted by Crippen LogP contribution is -2.37. The van der Waals surface area contributed by atoms with E-state index in [4.69, 9.17) is 4.74 Å². The minimum atomic E-state index is -6.72. The van der Waals surface area contributed by atoms with Gasteiger partial charge in [0.05, 0.1) is 6.54 Å². The fourth-order valence-corrected chi connectivity index (χ4v) is 3.92. The first kappa shape index (κ1) is 34.2. The highest BCUT2D eigenvalue weighted by atomic mass is 32.3. The van der Waals surface area contributed by atoms with Gasteiger partial charge in [0, 0.05) is 18.2 Å². The summed E-state index contributed by atoms with van der Waals surface area (Å²) in [7, 11) is -13.4. The van der Waals surface area contributed by atoms with Crippen molar-refractivity contribution in [3.05, 3.63) is 34.2 Å². The number of unbranched alkanes of at least 4 members (excludes halogenated alkanes) is 3.